The molecule has 1 saturated heterocycles. The van der Waals surface area contributed by atoms with Gasteiger partial charge in [0.25, 0.3) is 5.91 Å². The Morgan fingerprint density at radius 1 is 1.32 bits per heavy atom. The van der Waals surface area contributed by atoms with E-state index in [1.54, 1.807) is 6.92 Å². The molecular weight excluding hydrogens is 286 g/mol. The number of nitrogens with zero attached hydrogens (tertiary/aromatic N) is 3. The van der Waals surface area contributed by atoms with Crippen LogP contribution in [0.4, 0.5) is 11.6 Å². The Morgan fingerprint density at radius 3 is 2.95 bits per heavy atom. The van der Waals surface area contributed by atoms with Gasteiger partial charge in [-0.1, -0.05) is 0 Å². The summed E-state index contributed by atoms with van der Waals surface area (Å²) in [5.74, 6) is 2.02. The van der Waals surface area contributed by atoms with E-state index < -0.39 is 0 Å². The highest BCUT2D eigenvalue weighted by molar-refractivity contribution is 5.95. The van der Waals surface area contributed by atoms with Crippen LogP contribution in [0.15, 0.2) is 0 Å². The number of fused-ring (bicyclic) bond motifs is 1. The molecule has 0 radical (unpaired) electrons. The molecule has 2 aliphatic heterocycles. The molecule has 120 valence electrons. The SMILES string of the molecule is Cc1nc(NCCCN2CCOCC2)c2c(n1)NC(=O)CO2. The van der Waals surface area contributed by atoms with Gasteiger partial charge in [-0.2, -0.15) is 0 Å². The zero-order valence-corrected chi connectivity index (χ0v) is 12.7. The van der Waals surface area contributed by atoms with Crippen molar-refractivity contribution in [3.63, 3.8) is 0 Å². The van der Waals surface area contributed by atoms with E-state index in [0.717, 1.165) is 45.8 Å². The predicted octanol–water partition coefficient (Wildman–Crippen LogP) is 0.250. The largest absolute Gasteiger partial charge is 0.476 e. The summed E-state index contributed by atoms with van der Waals surface area (Å²) in [5, 5.41) is 5.99. The van der Waals surface area contributed by atoms with E-state index in [0.29, 0.717) is 23.2 Å². The first-order chi connectivity index (χ1) is 10.7. The van der Waals surface area contributed by atoms with E-state index >= 15 is 0 Å². The standard InChI is InChI=1S/C14H21N5O3/c1-10-16-13(12-14(17-10)18-11(20)9-22-12)15-3-2-4-19-5-7-21-8-6-19/h2-9H2,1H3,(H2,15,16,17,18,20). The lowest BCUT2D eigenvalue weighted by molar-refractivity contribution is -0.118. The first kappa shape index (κ1) is 15.0. The molecule has 0 aromatic carbocycles. The Bertz CT molecular complexity index is 546. The fourth-order valence-electron chi connectivity index (χ4n) is 2.54. The van der Waals surface area contributed by atoms with Gasteiger partial charge in [0.1, 0.15) is 5.82 Å². The van der Waals surface area contributed by atoms with Crippen molar-refractivity contribution in [2.75, 3.05) is 56.6 Å². The second-order valence-electron chi connectivity index (χ2n) is 5.37. The monoisotopic (exact) mass is 307 g/mol. The van der Waals surface area contributed by atoms with Crippen LogP contribution in [0.1, 0.15) is 12.2 Å². The van der Waals surface area contributed by atoms with Crippen molar-refractivity contribution in [2.45, 2.75) is 13.3 Å². The summed E-state index contributed by atoms with van der Waals surface area (Å²) in [6.07, 6.45) is 1.00. The first-order valence-electron chi connectivity index (χ1n) is 7.57. The minimum atomic E-state index is -0.191. The van der Waals surface area contributed by atoms with Crippen LogP contribution in [-0.2, 0) is 9.53 Å². The molecule has 2 N–H and O–H groups in total. The highest BCUT2D eigenvalue weighted by Gasteiger charge is 2.22. The van der Waals surface area contributed by atoms with Gasteiger partial charge in [-0.25, -0.2) is 9.97 Å². The maximum absolute atomic E-state index is 11.4. The number of aromatic nitrogens is 2. The van der Waals surface area contributed by atoms with Crippen molar-refractivity contribution >= 4 is 17.5 Å². The van der Waals surface area contributed by atoms with Gasteiger partial charge in [0, 0.05) is 19.6 Å². The highest BCUT2D eigenvalue weighted by atomic mass is 16.5. The van der Waals surface area contributed by atoms with Crippen LogP contribution in [0.25, 0.3) is 0 Å². The number of rotatable bonds is 5. The molecule has 0 atom stereocenters. The zero-order valence-electron chi connectivity index (χ0n) is 12.7. The Morgan fingerprint density at radius 2 is 2.14 bits per heavy atom. The van der Waals surface area contributed by atoms with E-state index in [9.17, 15) is 4.79 Å². The van der Waals surface area contributed by atoms with Crippen molar-refractivity contribution in [1.82, 2.24) is 14.9 Å². The zero-order chi connectivity index (χ0) is 15.4. The minimum Gasteiger partial charge on any atom is -0.476 e. The molecule has 8 nitrogen and oxygen atoms in total. The topological polar surface area (TPSA) is 88.6 Å². The minimum absolute atomic E-state index is 0.00186. The molecule has 1 aromatic heterocycles. The first-order valence-corrected chi connectivity index (χ1v) is 7.57. The van der Waals surface area contributed by atoms with Gasteiger partial charge in [0.05, 0.1) is 13.2 Å². The van der Waals surface area contributed by atoms with Gasteiger partial charge in [-0.3, -0.25) is 9.69 Å². The molecule has 1 fully saturated rings. The van der Waals surface area contributed by atoms with Crippen molar-refractivity contribution in [1.29, 1.82) is 0 Å². The fourth-order valence-corrected chi connectivity index (χ4v) is 2.54. The average molecular weight is 307 g/mol. The molecule has 0 bridgehead atoms. The Kier molecular flexibility index (Phi) is 4.69. The van der Waals surface area contributed by atoms with Gasteiger partial charge in [0.15, 0.2) is 18.2 Å². The van der Waals surface area contributed by atoms with Crippen LogP contribution in [0.5, 0.6) is 5.75 Å². The molecule has 1 aromatic rings. The van der Waals surface area contributed by atoms with Gasteiger partial charge in [-0.15, -0.1) is 0 Å². The fraction of sp³-hybridized carbons (Fsp3) is 0.643. The lowest BCUT2D eigenvalue weighted by Gasteiger charge is -2.26. The molecule has 22 heavy (non-hydrogen) atoms. The summed E-state index contributed by atoms with van der Waals surface area (Å²) in [6.45, 7) is 7.24. The number of anilines is 2. The lowest BCUT2D eigenvalue weighted by Crippen LogP contribution is -2.37. The van der Waals surface area contributed by atoms with E-state index in [2.05, 4.69) is 25.5 Å². The molecule has 0 unspecified atom stereocenters. The van der Waals surface area contributed by atoms with Crippen LogP contribution in [0, 0.1) is 6.92 Å². The summed E-state index contributed by atoms with van der Waals surface area (Å²) in [4.78, 5) is 22.3. The number of aryl methyl sites for hydroxylation is 1. The number of amides is 1. The summed E-state index contributed by atoms with van der Waals surface area (Å²) in [5.41, 5.74) is 0. The lowest BCUT2D eigenvalue weighted by atomic mass is 10.3. The quantitative estimate of drug-likeness (QED) is 0.754. The third-order valence-corrected chi connectivity index (χ3v) is 3.63. The van der Waals surface area contributed by atoms with Gasteiger partial charge in [0.2, 0.25) is 5.75 Å². The molecular formula is C14H21N5O3. The number of nitrogens with one attached hydrogen (secondary N) is 2. The van der Waals surface area contributed by atoms with Crippen LogP contribution < -0.4 is 15.4 Å². The summed E-state index contributed by atoms with van der Waals surface area (Å²) in [7, 11) is 0. The smallest absolute Gasteiger partial charge is 0.263 e. The van der Waals surface area contributed by atoms with Crippen molar-refractivity contribution in [3.8, 4) is 5.75 Å². The predicted molar refractivity (Wildman–Crippen MR) is 81.3 cm³/mol. The molecule has 1 amide bonds. The van der Waals surface area contributed by atoms with Crippen LogP contribution in [0.2, 0.25) is 0 Å². The van der Waals surface area contributed by atoms with Crippen LogP contribution in [-0.4, -0.2) is 66.8 Å². The molecule has 0 spiro atoms. The van der Waals surface area contributed by atoms with Crippen molar-refractivity contribution in [3.05, 3.63) is 5.82 Å². The van der Waals surface area contributed by atoms with E-state index in [-0.39, 0.29) is 12.5 Å². The highest BCUT2D eigenvalue weighted by Crippen LogP contribution is 2.32. The number of hydrogen-bond donors (Lipinski definition) is 2. The molecule has 3 heterocycles. The molecule has 0 saturated carbocycles. The third-order valence-electron chi connectivity index (χ3n) is 3.63. The maximum atomic E-state index is 11.4. The number of carbonyl (C=O) groups is 1. The molecule has 0 aliphatic carbocycles. The average Bonchev–Trinajstić information content (AvgIpc) is 2.52. The number of hydrogen-bond acceptors (Lipinski definition) is 7. The van der Waals surface area contributed by atoms with E-state index in [1.165, 1.54) is 0 Å². The summed E-state index contributed by atoms with van der Waals surface area (Å²) >= 11 is 0. The van der Waals surface area contributed by atoms with Gasteiger partial charge < -0.3 is 20.1 Å². The van der Waals surface area contributed by atoms with Crippen LogP contribution >= 0.6 is 0 Å². The van der Waals surface area contributed by atoms with Crippen molar-refractivity contribution in [2.24, 2.45) is 0 Å². The number of carbonyl (C=O) groups excluding carboxylic acids is 1. The molecule has 3 rings (SSSR count). The summed E-state index contributed by atoms with van der Waals surface area (Å²) in [6, 6.07) is 0. The Balaban J connectivity index is 1.54. The Hall–Kier alpha value is -1.93. The number of ether oxygens (including phenoxy) is 2. The van der Waals surface area contributed by atoms with E-state index in [1.807, 2.05) is 0 Å². The third kappa shape index (κ3) is 3.63. The summed E-state index contributed by atoms with van der Waals surface area (Å²) < 4.78 is 10.8. The van der Waals surface area contributed by atoms with E-state index in [4.69, 9.17) is 9.47 Å². The normalized spacial score (nSPS) is 18.3. The molecule has 2 aliphatic rings. The second kappa shape index (κ2) is 6.89. The van der Waals surface area contributed by atoms with Crippen LogP contribution in [0.3, 0.4) is 0 Å². The number of morpholine rings is 1. The van der Waals surface area contributed by atoms with Gasteiger partial charge in [-0.05, 0) is 19.9 Å². The van der Waals surface area contributed by atoms with Crippen molar-refractivity contribution < 1.29 is 14.3 Å². The maximum Gasteiger partial charge on any atom is 0.263 e. The second-order valence-corrected chi connectivity index (χ2v) is 5.37. The molecule has 8 heteroatoms. The van der Waals surface area contributed by atoms with Gasteiger partial charge >= 0.3 is 0 Å². The Labute approximate surface area is 129 Å².